The fraction of sp³-hybridized carbons (Fsp3) is 0.208. The highest BCUT2D eigenvalue weighted by molar-refractivity contribution is 7.21. The molecule has 0 radical (unpaired) electrons. The number of fused-ring (bicyclic) bond motifs is 1. The zero-order valence-corrected chi connectivity index (χ0v) is 18.3. The Balaban J connectivity index is 1.43. The maximum absolute atomic E-state index is 6.33. The lowest BCUT2D eigenvalue weighted by atomic mass is 10.2. The molecule has 0 aliphatic heterocycles. The molecule has 3 nitrogen and oxygen atoms in total. The van der Waals surface area contributed by atoms with Crippen molar-refractivity contribution in [3.05, 3.63) is 76.8 Å². The highest BCUT2D eigenvalue weighted by Gasteiger charge is 2.08. The van der Waals surface area contributed by atoms with Crippen LogP contribution in [0.25, 0.3) is 20.8 Å². The fourth-order valence-electron chi connectivity index (χ4n) is 3.09. The summed E-state index contributed by atoms with van der Waals surface area (Å²) in [6.45, 7) is 6.79. The van der Waals surface area contributed by atoms with Crippen LogP contribution < -0.4 is 10.1 Å². The first-order valence-corrected chi connectivity index (χ1v) is 10.8. The number of aryl methyl sites for hydroxylation is 1. The Morgan fingerprint density at radius 2 is 1.83 bits per heavy atom. The third-order valence-corrected chi connectivity index (χ3v) is 5.89. The number of halogens is 1. The van der Waals surface area contributed by atoms with Crippen LogP contribution in [0.3, 0.4) is 0 Å². The van der Waals surface area contributed by atoms with E-state index in [0.717, 1.165) is 33.1 Å². The Morgan fingerprint density at radius 1 is 1.03 bits per heavy atom. The molecule has 3 aromatic carbocycles. The van der Waals surface area contributed by atoms with Crippen LogP contribution in [0.15, 0.2) is 60.7 Å². The second-order valence-electron chi connectivity index (χ2n) is 7.35. The predicted molar refractivity (Wildman–Crippen MR) is 124 cm³/mol. The first-order valence-electron chi connectivity index (χ1n) is 9.64. The first kappa shape index (κ1) is 19.7. The molecule has 0 saturated carbocycles. The quantitative estimate of drug-likeness (QED) is 0.353. The van der Waals surface area contributed by atoms with Crippen LogP contribution in [0, 0.1) is 6.92 Å². The topological polar surface area (TPSA) is 34.2 Å². The lowest BCUT2D eigenvalue weighted by Gasteiger charge is -2.13. The Kier molecular flexibility index (Phi) is 5.74. The Hall–Kier alpha value is -2.56. The molecule has 0 aliphatic carbocycles. The van der Waals surface area contributed by atoms with Crippen molar-refractivity contribution < 1.29 is 4.74 Å². The van der Waals surface area contributed by atoms with Crippen LogP contribution in [0.4, 0.5) is 5.69 Å². The largest absolute Gasteiger partial charge is 0.489 e. The van der Waals surface area contributed by atoms with Crippen LogP contribution in [-0.4, -0.2) is 11.1 Å². The van der Waals surface area contributed by atoms with Crippen molar-refractivity contribution in [2.24, 2.45) is 0 Å². The fourth-order valence-corrected chi connectivity index (χ4v) is 4.41. The Bertz CT molecular complexity index is 1140. The van der Waals surface area contributed by atoms with E-state index in [9.17, 15) is 0 Å². The van der Waals surface area contributed by atoms with Gasteiger partial charge in [0.05, 0.1) is 21.3 Å². The van der Waals surface area contributed by atoms with Crippen molar-refractivity contribution in [3.63, 3.8) is 0 Å². The van der Waals surface area contributed by atoms with Gasteiger partial charge in [0.2, 0.25) is 0 Å². The lowest BCUT2D eigenvalue weighted by molar-refractivity contribution is 0.242. The van der Waals surface area contributed by atoms with Gasteiger partial charge in [0, 0.05) is 17.8 Å². The molecule has 4 rings (SSSR count). The number of hydrogen-bond acceptors (Lipinski definition) is 4. The molecule has 0 amide bonds. The molecule has 5 heteroatoms. The number of ether oxygens (including phenoxy) is 1. The number of nitrogens with zero attached hydrogens (tertiary/aromatic N) is 1. The molecular formula is C24H23ClN2OS. The predicted octanol–water partition coefficient (Wildman–Crippen LogP) is 7.32. The normalized spacial score (nSPS) is 11.2. The Labute approximate surface area is 180 Å². The highest BCUT2D eigenvalue weighted by Crippen LogP contribution is 2.31. The van der Waals surface area contributed by atoms with E-state index in [0.29, 0.717) is 11.6 Å². The van der Waals surface area contributed by atoms with Crippen molar-refractivity contribution in [1.82, 2.24) is 4.98 Å². The van der Waals surface area contributed by atoms with Gasteiger partial charge in [0.25, 0.3) is 0 Å². The van der Waals surface area contributed by atoms with Crippen LogP contribution in [0.1, 0.15) is 25.0 Å². The molecule has 29 heavy (non-hydrogen) atoms. The molecule has 0 bridgehead atoms. The average molecular weight is 423 g/mol. The van der Waals surface area contributed by atoms with E-state index in [1.807, 2.05) is 32.0 Å². The maximum Gasteiger partial charge on any atom is 0.138 e. The van der Waals surface area contributed by atoms with Crippen LogP contribution in [0.5, 0.6) is 5.75 Å². The zero-order valence-electron chi connectivity index (χ0n) is 16.7. The van der Waals surface area contributed by atoms with Crippen molar-refractivity contribution in [2.45, 2.75) is 33.4 Å². The molecule has 1 heterocycles. The van der Waals surface area contributed by atoms with Crippen molar-refractivity contribution >= 4 is 38.8 Å². The van der Waals surface area contributed by atoms with Gasteiger partial charge in [-0.15, -0.1) is 11.3 Å². The lowest BCUT2D eigenvalue weighted by Crippen LogP contribution is -2.06. The third kappa shape index (κ3) is 4.72. The number of anilines is 1. The molecule has 0 saturated heterocycles. The first-order chi connectivity index (χ1) is 14.0. The maximum atomic E-state index is 6.33. The Morgan fingerprint density at radius 3 is 2.55 bits per heavy atom. The summed E-state index contributed by atoms with van der Waals surface area (Å²) in [6.07, 6.45) is 0.106. The minimum Gasteiger partial charge on any atom is -0.489 e. The van der Waals surface area contributed by atoms with Gasteiger partial charge in [-0.1, -0.05) is 23.7 Å². The smallest absolute Gasteiger partial charge is 0.138 e. The van der Waals surface area contributed by atoms with Gasteiger partial charge in [-0.3, -0.25) is 0 Å². The number of benzene rings is 3. The van der Waals surface area contributed by atoms with E-state index >= 15 is 0 Å². The van der Waals surface area contributed by atoms with Crippen LogP contribution >= 0.6 is 22.9 Å². The van der Waals surface area contributed by atoms with Crippen LogP contribution in [-0.2, 0) is 6.54 Å². The van der Waals surface area contributed by atoms with Crippen molar-refractivity contribution in [3.8, 4) is 16.3 Å². The molecule has 0 aliphatic rings. The summed E-state index contributed by atoms with van der Waals surface area (Å²) in [7, 11) is 0. The van der Waals surface area contributed by atoms with Gasteiger partial charge in [0.15, 0.2) is 0 Å². The number of aromatic nitrogens is 1. The molecule has 0 spiro atoms. The van der Waals surface area contributed by atoms with Gasteiger partial charge < -0.3 is 10.1 Å². The molecule has 4 aromatic rings. The summed E-state index contributed by atoms with van der Waals surface area (Å²) in [5, 5.41) is 5.13. The van der Waals surface area contributed by atoms with E-state index < -0.39 is 0 Å². The van der Waals surface area contributed by atoms with Crippen molar-refractivity contribution in [1.29, 1.82) is 0 Å². The molecular weight excluding hydrogens is 400 g/mol. The van der Waals surface area contributed by atoms with E-state index in [4.69, 9.17) is 21.3 Å². The summed E-state index contributed by atoms with van der Waals surface area (Å²) < 4.78 is 6.91. The minimum absolute atomic E-state index is 0.106. The zero-order chi connectivity index (χ0) is 20.4. The second kappa shape index (κ2) is 8.44. The molecule has 0 atom stereocenters. The monoisotopic (exact) mass is 422 g/mol. The minimum atomic E-state index is 0.106. The van der Waals surface area contributed by atoms with Gasteiger partial charge in [-0.05, 0) is 80.4 Å². The summed E-state index contributed by atoms with van der Waals surface area (Å²) in [5.74, 6) is 0.723. The molecule has 1 N–H and O–H groups in total. The van der Waals surface area contributed by atoms with Gasteiger partial charge in [-0.25, -0.2) is 4.98 Å². The van der Waals surface area contributed by atoms with Gasteiger partial charge >= 0.3 is 0 Å². The van der Waals surface area contributed by atoms with Crippen LogP contribution in [0.2, 0.25) is 5.02 Å². The summed E-state index contributed by atoms with van der Waals surface area (Å²) in [4.78, 5) is 4.76. The average Bonchev–Trinajstić information content (AvgIpc) is 3.11. The molecule has 0 unspecified atom stereocenters. The summed E-state index contributed by atoms with van der Waals surface area (Å²) in [6, 6.07) is 20.7. The number of thiazole rings is 1. The van der Waals surface area contributed by atoms with Gasteiger partial charge in [0.1, 0.15) is 10.8 Å². The van der Waals surface area contributed by atoms with E-state index in [1.165, 1.54) is 10.3 Å². The molecule has 0 fully saturated rings. The molecule has 1 aromatic heterocycles. The molecule has 148 valence electrons. The summed E-state index contributed by atoms with van der Waals surface area (Å²) in [5.41, 5.74) is 5.62. The highest BCUT2D eigenvalue weighted by atomic mass is 35.5. The van der Waals surface area contributed by atoms with Crippen molar-refractivity contribution in [2.75, 3.05) is 5.32 Å². The number of nitrogens with one attached hydrogen (secondary N) is 1. The summed E-state index contributed by atoms with van der Waals surface area (Å²) >= 11 is 8.06. The third-order valence-electron chi connectivity index (χ3n) is 4.53. The van der Waals surface area contributed by atoms with E-state index in [-0.39, 0.29) is 6.10 Å². The van der Waals surface area contributed by atoms with Gasteiger partial charge in [-0.2, -0.15) is 0 Å². The SMILES string of the molecule is Cc1ccc2nc(-c3ccc(NCc4ccc(OC(C)C)c(Cl)c4)cc3)sc2c1. The number of hydrogen-bond donors (Lipinski definition) is 1. The van der Waals surface area contributed by atoms with E-state index in [2.05, 4.69) is 54.7 Å². The van der Waals surface area contributed by atoms with E-state index in [1.54, 1.807) is 11.3 Å². The number of rotatable bonds is 6. The standard InChI is InChI=1S/C24H23ClN2OS/c1-15(2)28-22-11-5-17(13-20(22)25)14-26-19-8-6-18(7-9-19)24-27-21-10-4-16(3)12-23(21)29-24/h4-13,15,26H,14H2,1-3H3. The second-order valence-corrected chi connectivity index (χ2v) is 8.79.